The first-order chi connectivity index (χ1) is 7.75. The molecule has 2 N–H and O–H groups in total. The summed E-state index contributed by atoms with van der Waals surface area (Å²) in [6.07, 6.45) is -0.220. The highest BCUT2D eigenvalue weighted by atomic mass is 16.6. The topological polar surface area (TPSA) is 49.7 Å². The number of phenolic OH excluding ortho intramolecular Hbond substituents is 1. The molecule has 1 aromatic rings. The van der Waals surface area contributed by atoms with Crippen LogP contribution < -0.4 is 4.74 Å². The van der Waals surface area contributed by atoms with E-state index in [2.05, 4.69) is 13.8 Å². The van der Waals surface area contributed by atoms with Crippen LogP contribution in [0.2, 0.25) is 0 Å². The Kier molecular flexibility index (Phi) is 2.62. The van der Waals surface area contributed by atoms with Crippen molar-refractivity contribution < 1.29 is 14.9 Å². The van der Waals surface area contributed by atoms with Crippen LogP contribution in [0.5, 0.6) is 11.5 Å². The highest BCUT2D eigenvalue weighted by Crippen LogP contribution is 2.48. The molecule has 0 bridgehead atoms. The van der Waals surface area contributed by atoms with Crippen molar-refractivity contribution in [1.82, 2.24) is 0 Å². The third-order valence-corrected chi connectivity index (χ3v) is 3.83. The predicted octanol–water partition coefficient (Wildman–Crippen LogP) is 2.70. The number of benzene rings is 1. The molecule has 0 unspecified atom stereocenters. The van der Waals surface area contributed by atoms with Gasteiger partial charge in [0.2, 0.25) is 0 Å². The van der Waals surface area contributed by atoms with Gasteiger partial charge < -0.3 is 14.9 Å². The molecule has 0 saturated heterocycles. The van der Waals surface area contributed by atoms with Crippen molar-refractivity contribution in [2.24, 2.45) is 0 Å². The van der Waals surface area contributed by atoms with E-state index in [0.29, 0.717) is 12.2 Å². The first-order valence-corrected chi connectivity index (χ1v) is 5.93. The summed E-state index contributed by atoms with van der Waals surface area (Å²) in [5.74, 6) is 1.08. The summed E-state index contributed by atoms with van der Waals surface area (Å²) in [6.45, 7) is 9.83. The molecule has 0 amide bonds. The van der Waals surface area contributed by atoms with E-state index in [9.17, 15) is 10.2 Å². The van der Waals surface area contributed by atoms with Crippen molar-refractivity contribution in [3.8, 4) is 11.5 Å². The molecule has 94 valence electrons. The lowest BCUT2D eigenvalue weighted by molar-refractivity contribution is -0.0505. The number of aromatic hydroxyl groups is 1. The molecule has 2 rings (SSSR count). The van der Waals surface area contributed by atoms with Gasteiger partial charge in [-0.15, -0.1) is 0 Å². The van der Waals surface area contributed by atoms with Crippen LogP contribution in [-0.2, 0) is 5.41 Å². The zero-order chi connectivity index (χ0) is 13.0. The molecule has 0 spiro atoms. The summed E-state index contributed by atoms with van der Waals surface area (Å²) in [4.78, 5) is 0. The number of rotatable bonds is 0. The molecule has 0 aromatic heterocycles. The lowest BCUT2D eigenvalue weighted by Gasteiger charge is -2.38. The Morgan fingerprint density at radius 2 is 1.71 bits per heavy atom. The van der Waals surface area contributed by atoms with E-state index in [1.807, 2.05) is 20.8 Å². The van der Waals surface area contributed by atoms with E-state index in [1.54, 1.807) is 0 Å². The minimum atomic E-state index is -0.764. The SMILES string of the molecule is Cc1c(C)c2c(c(C)c1O)C(C)(C)C[C@@H](O)O2. The Hall–Kier alpha value is -1.22. The van der Waals surface area contributed by atoms with Crippen LogP contribution in [0.3, 0.4) is 0 Å². The quantitative estimate of drug-likeness (QED) is 0.728. The molecule has 1 aliphatic heterocycles. The predicted molar refractivity (Wildman–Crippen MR) is 66.6 cm³/mol. The summed E-state index contributed by atoms with van der Waals surface area (Å²) in [5, 5.41) is 19.9. The van der Waals surface area contributed by atoms with Crippen LogP contribution in [-0.4, -0.2) is 16.5 Å². The Morgan fingerprint density at radius 1 is 1.12 bits per heavy atom. The van der Waals surface area contributed by atoms with Gasteiger partial charge >= 0.3 is 0 Å². The van der Waals surface area contributed by atoms with Crippen LogP contribution in [0.4, 0.5) is 0 Å². The molecule has 17 heavy (non-hydrogen) atoms. The number of fused-ring (bicyclic) bond motifs is 1. The zero-order valence-corrected chi connectivity index (χ0v) is 11.1. The van der Waals surface area contributed by atoms with Crippen molar-refractivity contribution in [1.29, 1.82) is 0 Å². The zero-order valence-electron chi connectivity index (χ0n) is 11.1. The molecule has 1 aliphatic rings. The van der Waals surface area contributed by atoms with Crippen molar-refractivity contribution in [3.05, 3.63) is 22.3 Å². The van der Waals surface area contributed by atoms with E-state index in [4.69, 9.17) is 4.74 Å². The summed E-state index contributed by atoms with van der Waals surface area (Å²) in [5.41, 5.74) is 3.43. The highest BCUT2D eigenvalue weighted by Gasteiger charge is 2.37. The lowest BCUT2D eigenvalue weighted by Crippen LogP contribution is -2.35. The molecular weight excluding hydrogens is 216 g/mol. The standard InChI is InChI=1S/C14H20O3/c1-7-8(2)13-11(9(3)12(7)16)14(4,5)6-10(15)17-13/h10,15-16H,6H2,1-5H3/t10-/m0/s1. The summed E-state index contributed by atoms with van der Waals surface area (Å²) in [6, 6.07) is 0. The molecule has 0 radical (unpaired) electrons. The number of hydrogen-bond acceptors (Lipinski definition) is 3. The molecule has 1 atom stereocenters. The largest absolute Gasteiger partial charge is 0.507 e. The summed E-state index contributed by atoms with van der Waals surface area (Å²) < 4.78 is 5.56. The van der Waals surface area contributed by atoms with Crippen molar-refractivity contribution in [2.75, 3.05) is 0 Å². The summed E-state index contributed by atoms with van der Waals surface area (Å²) in [7, 11) is 0. The maximum atomic E-state index is 10.1. The fraction of sp³-hybridized carbons (Fsp3) is 0.571. The summed E-state index contributed by atoms with van der Waals surface area (Å²) >= 11 is 0. The molecule has 0 saturated carbocycles. The molecule has 0 aliphatic carbocycles. The van der Waals surface area contributed by atoms with Gasteiger partial charge in [0, 0.05) is 12.0 Å². The van der Waals surface area contributed by atoms with Gasteiger partial charge in [-0.1, -0.05) is 13.8 Å². The van der Waals surface area contributed by atoms with E-state index in [-0.39, 0.29) is 5.41 Å². The van der Waals surface area contributed by atoms with E-state index in [1.165, 1.54) is 0 Å². The maximum Gasteiger partial charge on any atom is 0.198 e. The molecular formula is C14H20O3. The molecule has 3 nitrogen and oxygen atoms in total. The number of phenols is 1. The first kappa shape index (κ1) is 12.2. The van der Waals surface area contributed by atoms with Gasteiger partial charge in [0.1, 0.15) is 11.5 Å². The Balaban J connectivity index is 2.79. The minimum absolute atomic E-state index is 0.187. The monoisotopic (exact) mass is 236 g/mol. The Morgan fingerprint density at radius 3 is 2.29 bits per heavy atom. The van der Waals surface area contributed by atoms with Crippen LogP contribution in [0.1, 0.15) is 42.5 Å². The second kappa shape index (κ2) is 3.64. The number of hydrogen-bond donors (Lipinski definition) is 2. The molecule has 1 heterocycles. The van der Waals surface area contributed by atoms with Crippen LogP contribution >= 0.6 is 0 Å². The molecule has 3 heteroatoms. The van der Waals surface area contributed by atoms with Gasteiger partial charge in [-0.3, -0.25) is 0 Å². The van der Waals surface area contributed by atoms with Crippen molar-refractivity contribution in [3.63, 3.8) is 0 Å². The highest BCUT2D eigenvalue weighted by molar-refractivity contribution is 5.60. The Bertz CT molecular complexity index is 475. The van der Waals surface area contributed by atoms with Gasteiger partial charge in [0.05, 0.1) is 0 Å². The maximum absolute atomic E-state index is 10.1. The first-order valence-electron chi connectivity index (χ1n) is 5.93. The van der Waals surface area contributed by atoms with Crippen LogP contribution in [0.25, 0.3) is 0 Å². The Labute approximate surface area is 102 Å². The van der Waals surface area contributed by atoms with Gasteiger partial charge in [-0.25, -0.2) is 0 Å². The minimum Gasteiger partial charge on any atom is -0.507 e. The van der Waals surface area contributed by atoms with Gasteiger partial charge in [-0.05, 0) is 42.9 Å². The molecule has 1 aromatic carbocycles. The average molecular weight is 236 g/mol. The number of aliphatic hydroxyl groups is 1. The van der Waals surface area contributed by atoms with Crippen molar-refractivity contribution in [2.45, 2.75) is 52.7 Å². The fourth-order valence-electron chi connectivity index (χ4n) is 2.78. The fourth-order valence-corrected chi connectivity index (χ4v) is 2.78. The number of aliphatic hydroxyl groups excluding tert-OH is 1. The normalized spacial score (nSPS) is 21.9. The van der Waals surface area contributed by atoms with Gasteiger partial charge in [0.25, 0.3) is 0 Å². The second-order valence-electron chi connectivity index (χ2n) is 5.59. The van der Waals surface area contributed by atoms with Crippen LogP contribution in [0, 0.1) is 20.8 Å². The third kappa shape index (κ3) is 1.69. The third-order valence-electron chi connectivity index (χ3n) is 3.83. The van der Waals surface area contributed by atoms with E-state index in [0.717, 1.165) is 28.0 Å². The van der Waals surface area contributed by atoms with Gasteiger partial charge in [0.15, 0.2) is 6.29 Å². The smallest absolute Gasteiger partial charge is 0.198 e. The molecule has 0 fully saturated rings. The van der Waals surface area contributed by atoms with Gasteiger partial charge in [-0.2, -0.15) is 0 Å². The average Bonchev–Trinajstić information content (AvgIpc) is 2.21. The second-order valence-corrected chi connectivity index (χ2v) is 5.59. The lowest BCUT2D eigenvalue weighted by atomic mass is 9.75. The number of ether oxygens (including phenoxy) is 1. The van der Waals surface area contributed by atoms with E-state index >= 15 is 0 Å². The van der Waals surface area contributed by atoms with Crippen LogP contribution in [0.15, 0.2) is 0 Å². The van der Waals surface area contributed by atoms with E-state index < -0.39 is 6.29 Å². The van der Waals surface area contributed by atoms with Crippen molar-refractivity contribution >= 4 is 0 Å².